The largest absolute Gasteiger partial charge is 0.586 e. The van der Waals surface area contributed by atoms with Crippen LogP contribution in [0.15, 0.2) is 35.8 Å². The molecule has 76 valence electrons. The monoisotopic (exact) mass is 200 g/mol. The van der Waals surface area contributed by atoms with Crippen LogP contribution in [-0.4, -0.2) is 6.29 Å². The van der Waals surface area contributed by atoms with Gasteiger partial charge in [0.05, 0.1) is 0 Å². The zero-order valence-corrected chi connectivity index (χ0v) is 7.67. The van der Waals surface area contributed by atoms with Crippen molar-refractivity contribution in [1.82, 2.24) is 0 Å². The first kappa shape index (κ1) is 9.24. The van der Waals surface area contributed by atoms with Gasteiger partial charge in [0.2, 0.25) is 0 Å². The Morgan fingerprint density at radius 2 is 1.93 bits per heavy atom. The van der Waals surface area contributed by atoms with Crippen LogP contribution in [0.5, 0.6) is 0 Å². The average Bonchev–Trinajstić information content (AvgIpc) is 2.34. The molecular formula is C10H10F2O2. The van der Waals surface area contributed by atoms with Crippen LogP contribution in [0.25, 0.3) is 0 Å². The van der Waals surface area contributed by atoms with E-state index in [4.69, 9.17) is 0 Å². The first-order valence-corrected chi connectivity index (χ1v) is 4.42. The summed E-state index contributed by atoms with van der Waals surface area (Å²) in [4.78, 5) is 0. The van der Waals surface area contributed by atoms with Crippen LogP contribution < -0.4 is 0 Å². The van der Waals surface area contributed by atoms with Gasteiger partial charge in [0.1, 0.15) is 0 Å². The fourth-order valence-electron chi connectivity index (χ4n) is 1.33. The molecule has 2 aliphatic rings. The van der Waals surface area contributed by atoms with E-state index in [9.17, 15) is 8.78 Å². The van der Waals surface area contributed by atoms with E-state index in [0.717, 1.165) is 6.42 Å². The Kier molecular flexibility index (Phi) is 2.06. The molecule has 1 atom stereocenters. The van der Waals surface area contributed by atoms with Crippen molar-refractivity contribution in [1.29, 1.82) is 0 Å². The summed E-state index contributed by atoms with van der Waals surface area (Å²) in [6, 6.07) is 0. The number of allylic oxidation sites excluding steroid dienone is 4. The molecule has 1 heterocycles. The van der Waals surface area contributed by atoms with Gasteiger partial charge < -0.3 is 9.47 Å². The molecule has 0 aromatic carbocycles. The molecule has 0 saturated carbocycles. The smallest absolute Gasteiger partial charge is 0.395 e. The number of ether oxygens (including phenoxy) is 2. The highest BCUT2D eigenvalue weighted by Gasteiger charge is 2.43. The third-order valence-electron chi connectivity index (χ3n) is 2.05. The summed E-state index contributed by atoms with van der Waals surface area (Å²) in [5.41, 5.74) is 0. The quantitative estimate of drug-likeness (QED) is 0.598. The molecule has 2 nitrogen and oxygen atoms in total. The number of alkyl halides is 2. The van der Waals surface area contributed by atoms with E-state index in [1.165, 1.54) is 12.2 Å². The van der Waals surface area contributed by atoms with Crippen molar-refractivity contribution < 1.29 is 18.3 Å². The molecule has 0 N–H and O–H groups in total. The Hall–Kier alpha value is -1.32. The van der Waals surface area contributed by atoms with Gasteiger partial charge in [-0.05, 0) is 24.5 Å². The molecular weight excluding hydrogens is 190 g/mol. The molecule has 0 bridgehead atoms. The van der Waals surface area contributed by atoms with Gasteiger partial charge >= 0.3 is 6.29 Å². The van der Waals surface area contributed by atoms with Crippen molar-refractivity contribution in [2.75, 3.05) is 0 Å². The van der Waals surface area contributed by atoms with Crippen LogP contribution in [-0.2, 0) is 9.47 Å². The number of rotatable bonds is 0. The maximum atomic E-state index is 12.7. The second-order valence-electron chi connectivity index (χ2n) is 3.37. The molecule has 0 saturated heterocycles. The second kappa shape index (κ2) is 3.12. The van der Waals surface area contributed by atoms with Crippen molar-refractivity contribution >= 4 is 0 Å². The van der Waals surface area contributed by atoms with Crippen molar-refractivity contribution in [3.05, 3.63) is 35.8 Å². The van der Waals surface area contributed by atoms with E-state index < -0.39 is 6.29 Å². The van der Waals surface area contributed by atoms with Gasteiger partial charge in [-0.15, -0.1) is 8.78 Å². The van der Waals surface area contributed by atoms with Crippen molar-refractivity contribution in [3.8, 4) is 0 Å². The standard InChI is InChI=1S/C10H10F2O2/c1-7-3-2-4-8-9(6-5-7)14-10(11,12)13-8/h2,4-7H,3H2,1H3/b4-2-,6-5-. The van der Waals surface area contributed by atoms with E-state index in [2.05, 4.69) is 9.47 Å². The van der Waals surface area contributed by atoms with Crippen molar-refractivity contribution in [2.24, 2.45) is 5.92 Å². The lowest BCUT2D eigenvalue weighted by molar-refractivity contribution is -0.335. The lowest BCUT2D eigenvalue weighted by Gasteiger charge is -2.06. The molecule has 0 amide bonds. The molecule has 1 aliphatic carbocycles. The highest BCUT2D eigenvalue weighted by atomic mass is 19.3. The molecule has 0 spiro atoms. The van der Waals surface area contributed by atoms with E-state index in [1.54, 1.807) is 6.08 Å². The molecule has 4 heteroatoms. The molecule has 1 aliphatic heterocycles. The van der Waals surface area contributed by atoms with Gasteiger partial charge in [-0.1, -0.05) is 19.1 Å². The summed E-state index contributed by atoms with van der Waals surface area (Å²) in [7, 11) is 0. The van der Waals surface area contributed by atoms with Gasteiger partial charge in [0, 0.05) is 0 Å². The van der Waals surface area contributed by atoms with Crippen LogP contribution in [0.2, 0.25) is 0 Å². The minimum absolute atomic E-state index is 0.0952. The number of hydrogen-bond donors (Lipinski definition) is 0. The van der Waals surface area contributed by atoms with Crippen molar-refractivity contribution in [2.45, 2.75) is 19.6 Å². The Bertz CT molecular complexity index is 329. The number of hydrogen-bond acceptors (Lipinski definition) is 2. The summed E-state index contributed by atoms with van der Waals surface area (Å²) in [6.45, 7) is 2.00. The maximum Gasteiger partial charge on any atom is 0.586 e. The van der Waals surface area contributed by atoms with Gasteiger partial charge in [-0.3, -0.25) is 0 Å². The zero-order chi connectivity index (χ0) is 10.2. The molecule has 0 aromatic heterocycles. The molecule has 0 aromatic rings. The van der Waals surface area contributed by atoms with E-state index >= 15 is 0 Å². The third-order valence-corrected chi connectivity index (χ3v) is 2.05. The first-order chi connectivity index (χ1) is 6.57. The van der Waals surface area contributed by atoms with Crippen LogP contribution in [0.3, 0.4) is 0 Å². The fourth-order valence-corrected chi connectivity index (χ4v) is 1.33. The fraction of sp³-hybridized carbons (Fsp3) is 0.400. The van der Waals surface area contributed by atoms with Crippen LogP contribution >= 0.6 is 0 Å². The first-order valence-electron chi connectivity index (χ1n) is 4.42. The molecule has 0 radical (unpaired) electrons. The minimum atomic E-state index is -3.52. The third kappa shape index (κ3) is 1.78. The topological polar surface area (TPSA) is 18.5 Å². The zero-order valence-electron chi connectivity index (χ0n) is 7.67. The molecule has 0 fully saturated rings. The SMILES string of the molecule is CC1/C=C\C2=C(/C=C\C1)OC(F)(F)O2. The Morgan fingerprint density at radius 3 is 2.64 bits per heavy atom. The van der Waals surface area contributed by atoms with Crippen molar-refractivity contribution in [3.63, 3.8) is 0 Å². The van der Waals surface area contributed by atoms with E-state index in [-0.39, 0.29) is 11.5 Å². The second-order valence-corrected chi connectivity index (χ2v) is 3.37. The predicted molar refractivity (Wildman–Crippen MR) is 46.2 cm³/mol. The van der Waals surface area contributed by atoms with E-state index in [0.29, 0.717) is 5.92 Å². The van der Waals surface area contributed by atoms with Gasteiger partial charge in [0.15, 0.2) is 11.5 Å². The maximum absolute atomic E-state index is 12.7. The lowest BCUT2D eigenvalue weighted by Crippen LogP contribution is -2.16. The Morgan fingerprint density at radius 1 is 1.29 bits per heavy atom. The van der Waals surface area contributed by atoms with Gasteiger partial charge in [-0.25, -0.2) is 0 Å². The number of halogens is 2. The summed E-state index contributed by atoms with van der Waals surface area (Å²) in [5, 5.41) is 0. The molecule has 1 unspecified atom stereocenters. The van der Waals surface area contributed by atoms with Crippen LogP contribution in [0, 0.1) is 5.92 Å². The van der Waals surface area contributed by atoms with E-state index in [1.807, 2.05) is 13.0 Å². The highest BCUT2D eigenvalue weighted by molar-refractivity contribution is 5.29. The molecule has 14 heavy (non-hydrogen) atoms. The van der Waals surface area contributed by atoms with Gasteiger partial charge in [-0.2, -0.15) is 0 Å². The minimum Gasteiger partial charge on any atom is -0.395 e. The summed E-state index contributed by atoms with van der Waals surface area (Å²) in [6.07, 6.45) is 3.97. The Balaban J connectivity index is 2.27. The van der Waals surface area contributed by atoms with Crippen LogP contribution in [0.4, 0.5) is 8.78 Å². The lowest BCUT2D eigenvalue weighted by atomic mass is 10.1. The summed E-state index contributed by atoms with van der Waals surface area (Å²) in [5.74, 6) is 0.508. The normalized spacial score (nSPS) is 33.5. The Labute approximate surface area is 80.5 Å². The van der Waals surface area contributed by atoms with Gasteiger partial charge in [0.25, 0.3) is 0 Å². The predicted octanol–water partition coefficient (Wildman–Crippen LogP) is 2.95. The van der Waals surface area contributed by atoms with Crippen LogP contribution in [0.1, 0.15) is 13.3 Å². The average molecular weight is 200 g/mol. The summed E-state index contributed by atoms with van der Waals surface area (Å²) >= 11 is 0. The highest BCUT2D eigenvalue weighted by Crippen LogP contribution is 2.35. The molecule has 2 rings (SSSR count). The summed E-state index contributed by atoms with van der Waals surface area (Å²) < 4.78 is 33.9.